The number of fused-ring (bicyclic) bond motifs is 3. The molecule has 0 aliphatic heterocycles. The van der Waals surface area contributed by atoms with Crippen LogP contribution in [0.1, 0.15) is 47.1 Å². The second kappa shape index (κ2) is 15.5. The molecule has 0 atom stereocenters. The maximum absolute atomic E-state index is 14.5. The Morgan fingerprint density at radius 2 is 1.19 bits per heavy atom. The van der Waals surface area contributed by atoms with Gasteiger partial charge in [0, 0.05) is 34.5 Å². The summed E-state index contributed by atoms with van der Waals surface area (Å²) >= 11 is 0. The first-order chi connectivity index (χ1) is 25.5. The summed E-state index contributed by atoms with van der Waals surface area (Å²) in [5.41, 5.74) is 4.17. The fourth-order valence-corrected chi connectivity index (χ4v) is 6.66. The molecule has 6 aromatic rings. The van der Waals surface area contributed by atoms with E-state index in [2.05, 4.69) is 0 Å². The van der Waals surface area contributed by atoms with Crippen molar-refractivity contribution in [1.29, 1.82) is 0 Å². The topological polar surface area (TPSA) is 99.8 Å². The van der Waals surface area contributed by atoms with Gasteiger partial charge in [-0.1, -0.05) is 36.4 Å². The largest absolute Gasteiger partial charge is 0.493 e. The van der Waals surface area contributed by atoms with Crippen molar-refractivity contribution in [3.63, 3.8) is 0 Å². The lowest BCUT2D eigenvalue weighted by molar-refractivity contribution is 0.226. The van der Waals surface area contributed by atoms with Gasteiger partial charge in [-0.05, 0) is 83.0 Å². The SMILES string of the molecule is COc1cc(-c2c(-c3cc(OC)c(OC)c(OC(C)C)c3)n(Cc3ccccc3)c3c(=O)oc4cc(OC(C)C)c(OC)cc4c23)ccc1OC(C)C. The molecule has 0 spiro atoms. The van der Waals surface area contributed by atoms with Gasteiger partial charge >= 0.3 is 5.63 Å². The third-order valence-corrected chi connectivity index (χ3v) is 8.64. The average molecular weight is 722 g/mol. The third-order valence-electron chi connectivity index (χ3n) is 8.64. The summed E-state index contributed by atoms with van der Waals surface area (Å²) in [7, 11) is 6.37. The summed E-state index contributed by atoms with van der Waals surface area (Å²) in [6.45, 7) is 12.0. The maximum atomic E-state index is 14.5. The van der Waals surface area contributed by atoms with E-state index in [0.717, 1.165) is 27.9 Å². The minimum Gasteiger partial charge on any atom is -0.493 e. The summed E-state index contributed by atoms with van der Waals surface area (Å²) in [6.07, 6.45) is -0.383. The van der Waals surface area contributed by atoms with Crippen molar-refractivity contribution < 1.29 is 37.6 Å². The van der Waals surface area contributed by atoms with Gasteiger partial charge in [-0.25, -0.2) is 4.79 Å². The number of aromatic nitrogens is 1. The molecule has 2 aromatic heterocycles. The van der Waals surface area contributed by atoms with E-state index in [1.165, 1.54) is 0 Å². The number of nitrogens with zero attached hydrogens (tertiary/aromatic N) is 1. The fourth-order valence-electron chi connectivity index (χ4n) is 6.66. The molecule has 0 amide bonds. The molecule has 0 radical (unpaired) electrons. The smallest absolute Gasteiger partial charge is 0.361 e. The molecule has 0 aliphatic rings. The Morgan fingerprint density at radius 3 is 1.81 bits per heavy atom. The summed E-state index contributed by atoms with van der Waals surface area (Å²) in [4.78, 5) is 14.5. The molecule has 0 bridgehead atoms. The van der Waals surface area contributed by atoms with E-state index in [9.17, 15) is 4.79 Å². The molecule has 0 fully saturated rings. The third kappa shape index (κ3) is 7.31. The van der Waals surface area contributed by atoms with Crippen LogP contribution < -0.4 is 38.8 Å². The van der Waals surface area contributed by atoms with Crippen LogP contribution in [0.15, 0.2) is 82.0 Å². The van der Waals surface area contributed by atoms with Gasteiger partial charge in [-0.2, -0.15) is 0 Å². The lowest BCUT2D eigenvalue weighted by Gasteiger charge is -2.20. The Balaban J connectivity index is 1.84. The van der Waals surface area contributed by atoms with Gasteiger partial charge in [-0.15, -0.1) is 0 Å². The van der Waals surface area contributed by atoms with Gasteiger partial charge in [0.05, 0.1) is 52.4 Å². The Hall–Kier alpha value is -5.77. The molecule has 0 saturated heterocycles. The number of hydrogen-bond donors (Lipinski definition) is 0. The highest BCUT2D eigenvalue weighted by atomic mass is 16.5. The summed E-state index contributed by atoms with van der Waals surface area (Å²) in [5, 5.41) is 1.33. The van der Waals surface area contributed by atoms with Gasteiger partial charge in [0.25, 0.3) is 0 Å². The molecule has 0 aliphatic carbocycles. The quantitative estimate of drug-likeness (QED) is 0.102. The Bertz CT molecular complexity index is 2300. The standard InChI is InChI=1S/C43H47NO9/c1-24(2)50-31-17-16-28(18-33(31)46-7)38-39-30-21-34(47-8)35(51-25(3)4)22-32(30)53-43(45)41(39)44(23-27-14-12-11-13-15-27)40(38)29-19-36(48-9)42(49-10)37(20-29)52-26(5)6/h11-22,24-26H,23H2,1-10H3. The minimum absolute atomic E-state index is 0.0764. The molecule has 0 unspecified atom stereocenters. The van der Waals surface area contributed by atoms with Gasteiger partial charge in [0.15, 0.2) is 34.5 Å². The minimum atomic E-state index is -0.512. The van der Waals surface area contributed by atoms with E-state index in [4.69, 9.17) is 37.6 Å². The number of rotatable bonds is 14. The molecule has 278 valence electrons. The van der Waals surface area contributed by atoms with E-state index in [-0.39, 0.29) is 18.3 Å². The van der Waals surface area contributed by atoms with Crippen LogP contribution in [0.5, 0.6) is 40.2 Å². The maximum Gasteiger partial charge on any atom is 0.361 e. The fraction of sp³-hybridized carbons (Fsp3) is 0.326. The first-order valence-corrected chi connectivity index (χ1v) is 17.7. The molecular weight excluding hydrogens is 674 g/mol. The first-order valence-electron chi connectivity index (χ1n) is 17.7. The molecule has 6 rings (SSSR count). The lowest BCUT2D eigenvalue weighted by Crippen LogP contribution is -2.11. The average Bonchev–Trinajstić information content (AvgIpc) is 3.46. The van der Waals surface area contributed by atoms with Gasteiger partial charge in [-0.3, -0.25) is 0 Å². The van der Waals surface area contributed by atoms with E-state index in [1.54, 1.807) is 34.5 Å². The Kier molecular flexibility index (Phi) is 10.8. The number of hydrogen-bond acceptors (Lipinski definition) is 9. The summed E-state index contributed by atoms with van der Waals surface area (Å²) in [6, 6.07) is 23.2. The van der Waals surface area contributed by atoms with Gasteiger partial charge < -0.3 is 42.1 Å². The zero-order valence-corrected chi connectivity index (χ0v) is 32.0. The van der Waals surface area contributed by atoms with Crippen molar-refractivity contribution in [3.05, 3.63) is 88.8 Å². The van der Waals surface area contributed by atoms with Crippen LogP contribution in [0, 0.1) is 0 Å². The first kappa shape index (κ1) is 37.0. The highest BCUT2D eigenvalue weighted by Crippen LogP contribution is 2.50. The van der Waals surface area contributed by atoms with Crippen LogP contribution in [-0.4, -0.2) is 51.3 Å². The van der Waals surface area contributed by atoms with Crippen molar-refractivity contribution in [2.24, 2.45) is 0 Å². The van der Waals surface area contributed by atoms with Crippen molar-refractivity contribution in [1.82, 2.24) is 4.57 Å². The molecule has 10 heteroatoms. The van der Waals surface area contributed by atoms with Crippen LogP contribution in [0.2, 0.25) is 0 Å². The van der Waals surface area contributed by atoms with E-state index in [0.29, 0.717) is 68.7 Å². The van der Waals surface area contributed by atoms with Crippen LogP contribution in [-0.2, 0) is 6.54 Å². The molecule has 53 heavy (non-hydrogen) atoms. The van der Waals surface area contributed by atoms with Crippen molar-refractivity contribution in [2.75, 3.05) is 28.4 Å². The van der Waals surface area contributed by atoms with E-state index in [1.807, 2.05) is 113 Å². The van der Waals surface area contributed by atoms with Crippen LogP contribution in [0.3, 0.4) is 0 Å². The highest BCUT2D eigenvalue weighted by molar-refractivity contribution is 6.16. The molecule has 0 N–H and O–H groups in total. The monoisotopic (exact) mass is 721 g/mol. The second-order valence-electron chi connectivity index (χ2n) is 13.5. The van der Waals surface area contributed by atoms with Crippen LogP contribution in [0.4, 0.5) is 0 Å². The highest BCUT2D eigenvalue weighted by Gasteiger charge is 2.29. The van der Waals surface area contributed by atoms with Crippen molar-refractivity contribution in [2.45, 2.75) is 66.4 Å². The van der Waals surface area contributed by atoms with Crippen LogP contribution >= 0.6 is 0 Å². The van der Waals surface area contributed by atoms with Crippen molar-refractivity contribution >= 4 is 21.9 Å². The van der Waals surface area contributed by atoms with Crippen LogP contribution in [0.25, 0.3) is 44.3 Å². The predicted octanol–water partition coefficient (Wildman–Crippen LogP) is 9.53. The normalized spacial score (nSPS) is 11.5. The molecule has 2 heterocycles. The van der Waals surface area contributed by atoms with E-state index < -0.39 is 5.63 Å². The zero-order valence-electron chi connectivity index (χ0n) is 32.0. The number of benzene rings is 4. The predicted molar refractivity (Wildman–Crippen MR) is 208 cm³/mol. The molecule has 0 saturated carbocycles. The van der Waals surface area contributed by atoms with E-state index >= 15 is 0 Å². The molecule has 10 nitrogen and oxygen atoms in total. The lowest BCUT2D eigenvalue weighted by atomic mass is 9.95. The van der Waals surface area contributed by atoms with Gasteiger partial charge in [0.2, 0.25) is 5.75 Å². The number of ether oxygens (including phenoxy) is 7. The molecule has 4 aromatic carbocycles. The second-order valence-corrected chi connectivity index (χ2v) is 13.5. The Labute approximate surface area is 309 Å². The summed E-state index contributed by atoms with van der Waals surface area (Å²) in [5.74, 6) is 3.53. The Morgan fingerprint density at radius 1 is 0.604 bits per heavy atom. The zero-order chi connectivity index (χ0) is 38.0. The van der Waals surface area contributed by atoms with Crippen molar-refractivity contribution in [3.8, 4) is 62.6 Å². The molecular formula is C43H47NO9. The van der Waals surface area contributed by atoms with Gasteiger partial charge in [0.1, 0.15) is 11.1 Å². The number of methoxy groups -OCH3 is 4. The summed E-state index contributed by atoms with van der Waals surface area (Å²) < 4.78 is 50.1.